The van der Waals surface area contributed by atoms with Crippen LogP contribution in [0, 0.1) is 10.1 Å². The predicted octanol–water partition coefficient (Wildman–Crippen LogP) is 4.72. The highest BCUT2D eigenvalue weighted by molar-refractivity contribution is 7.12. The molecule has 2 amide bonds. The van der Waals surface area contributed by atoms with Gasteiger partial charge in [-0.2, -0.15) is 0 Å². The lowest BCUT2D eigenvalue weighted by molar-refractivity contribution is -0.384. The molecular formula is C20H14ClN3O4S. The first kappa shape index (κ1) is 20.2. The molecule has 146 valence electrons. The summed E-state index contributed by atoms with van der Waals surface area (Å²) in [6.45, 7) is 0. The van der Waals surface area contributed by atoms with E-state index >= 15 is 0 Å². The maximum atomic E-state index is 12.8. The number of halogens is 1. The molecule has 0 aliphatic rings. The molecule has 0 spiro atoms. The van der Waals surface area contributed by atoms with Crippen molar-refractivity contribution in [3.05, 3.63) is 97.3 Å². The molecule has 0 bridgehead atoms. The smallest absolute Gasteiger partial charge is 0.272 e. The second-order valence-electron chi connectivity index (χ2n) is 5.80. The van der Waals surface area contributed by atoms with E-state index in [1.54, 1.807) is 47.8 Å². The summed E-state index contributed by atoms with van der Waals surface area (Å²) in [5.74, 6) is -1.04. The molecule has 3 aromatic rings. The minimum absolute atomic E-state index is 0.0566. The van der Waals surface area contributed by atoms with Crippen molar-refractivity contribution < 1.29 is 14.5 Å². The van der Waals surface area contributed by atoms with Crippen molar-refractivity contribution in [2.45, 2.75) is 0 Å². The minimum Gasteiger partial charge on any atom is -0.321 e. The molecule has 9 heteroatoms. The molecule has 2 aromatic carbocycles. The second-order valence-corrected chi connectivity index (χ2v) is 7.19. The Morgan fingerprint density at radius 3 is 2.48 bits per heavy atom. The van der Waals surface area contributed by atoms with Gasteiger partial charge in [0.25, 0.3) is 17.5 Å². The van der Waals surface area contributed by atoms with Crippen molar-refractivity contribution >= 4 is 52.2 Å². The van der Waals surface area contributed by atoms with Crippen LogP contribution in [0.25, 0.3) is 6.08 Å². The fourth-order valence-corrected chi connectivity index (χ4v) is 3.12. The van der Waals surface area contributed by atoms with E-state index in [9.17, 15) is 19.7 Å². The highest BCUT2D eigenvalue weighted by atomic mass is 35.5. The average Bonchev–Trinajstić information content (AvgIpc) is 3.24. The molecule has 0 saturated heterocycles. The van der Waals surface area contributed by atoms with E-state index < -0.39 is 16.7 Å². The number of hydrogen-bond donors (Lipinski definition) is 2. The van der Waals surface area contributed by atoms with Crippen molar-refractivity contribution in [1.29, 1.82) is 0 Å². The van der Waals surface area contributed by atoms with Gasteiger partial charge in [0.05, 0.1) is 9.80 Å². The van der Waals surface area contributed by atoms with E-state index in [1.807, 2.05) is 0 Å². The van der Waals surface area contributed by atoms with Gasteiger partial charge < -0.3 is 10.6 Å². The first-order chi connectivity index (χ1) is 13.9. The summed E-state index contributed by atoms with van der Waals surface area (Å²) in [6.07, 6.45) is 1.38. The van der Waals surface area contributed by atoms with E-state index in [0.29, 0.717) is 21.2 Å². The van der Waals surface area contributed by atoms with Crippen LogP contribution in [0.4, 0.5) is 11.4 Å². The number of benzene rings is 2. The monoisotopic (exact) mass is 427 g/mol. The summed E-state index contributed by atoms with van der Waals surface area (Å²) < 4.78 is 0. The predicted molar refractivity (Wildman–Crippen MR) is 113 cm³/mol. The zero-order chi connectivity index (χ0) is 20.8. The van der Waals surface area contributed by atoms with Crippen LogP contribution in [0.5, 0.6) is 0 Å². The molecule has 1 heterocycles. The number of nitrogens with one attached hydrogen (secondary N) is 2. The summed E-state index contributed by atoms with van der Waals surface area (Å²) in [4.78, 5) is 36.1. The van der Waals surface area contributed by atoms with Gasteiger partial charge in [-0.1, -0.05) is 29.8 Å². The number of carbonyl (C=O) groups excluding carboxylic acids is 2. The van der Waals surface area contributed by atoms with Crippen LogP contribution >= 0.6 is 22.9 Å². The molecule has 7 nitrogen and oxygen atoms in total. The fraction of sp³-hybridized carbons (Fsp3) is 0. The molecule has 0 saturated carbocycles. The zero-order valence-electron chi connectivity index (χ0n) is 14.8. The van der Waals surface area contributed by atoms with Gasteiger partial charge in [-0.3, -0.25) is 19.7 Å². The van der Waals surface area contributed by atoms with Gasteiger partial charge >= 0.3 is 0 Å². The van der Waals surface area contributed by atoms with Crippen LogP contribution in [-0.2, 0) is 4.79 Å². The van der Waals surface area contributed by atoms with Crippen LogP contribution in [0.15, 0.2) is 71.7 Å². The van der Waals surface area contributed by atoms with Gasteiger partial charge in [0.15, 0.2) is 0 Å². The molecule has 0 fully saturated rings. The Hall–Kier alpha value is -3.49. The highest BCUT2D eigenvalue weighted by Crippen LogP contribution is 2.18. The largest absolute Gasteiger partial charge is 0.321 e. The Morgan fingerprint density at radius 2 is 1.83 bits per heavy atom. The van der Waals surface area contributed by atoms with E-state index in [2.05, 4.69) is 10.6 Å². The Bertz CT molecular complexity index is 1080. The van der Waals surface area contributed by atoms with Crippen molar-refractivity contribution in [3.8, 4) is 0 Å². The van der Waals surface area contributed by atoms with E-state index in [-0.39, 0.29) is 11.4 Å². The Labute approximate surface area is 174 Å². The number of rotatable bonds is 6. The van der Waals surface area contributed by atoms with Gasteiger partial charge in [-0.05, 0) is 47.4 Å². The zero-order valence-corrected chi connectivity index (χ0v) is 16.4. The highest BCUT2D eigenvalue weighted by Gasteiger charge is 2.16. The third-order valence-corrected chi connectivity index (χ3v) is 4.85. The Kier molecular flexibility index (Phi) is 6.38. The van der Waals surface area contributed by atoms with E-state index in [4.69, 9.17) is 11.6 Å². The first-order valence-electron chi connectivity index (χ1n) is 8.30. The molecule has 0 aliphatic heterocycles. The molecule has 1 aromatic heterocycles. The molecule has 3 rings (SSSR count). The summed E-state index contributed by atoms with van der Waals surface area (Å²) in [7, 11) is 0. The van der Waals surface area contributed by atoms with Gasteiger partial charge in [0.1, 0.15) is 5.70 Å². The third kappa shape index (κ3) is 5.50. The molecule has 0 radical (unpaired) electrons. The van der Waals surface area contributed by atoms with Gasteiger partial charge in [0, 0.05) is 22.8 Å². The molecule has 0 aliphatic carbocycles. The van der Waals surface area contributed by atoms with Crippen LogP contribution in [0.2, 0.25) is 5.02 Å². The standard InChI is InChI=1S/C20H14ClN3O4S/c21-14-6-8-15(9-7-14)22-19(25)17(23-20(26)18-5-2-10-29-18)12-13-3-1-4-16(11-13)24(27)28/h1-12H,(H,22,25)(H,23,26)/b17-12-. The average molecular weight is 428 g/mol. The lowest BCUT2D eigenvalue weighted by Crippen LogP contribution is -2.30. The normalized spacial score (nSPS) is 11.0. The number of nitro groups is 1. The van der Waals surface area contributed by atoms with Crippen molar-refractivity contribution in [1.82, 2.24) is 5.32 Å². The maximum absolute atomic E-state index is 12.8. The number of non-ortho nitro benzene ring substituents is 1. The maximum Gasteiger partial charge on any atom is 0.272 e. The van der Waals surface area contributed by atoms with Crippen LogP contribution in [0.1, 0.15) is 15.2 Å². The van der Waals surface area contributed by atoms with E-state index in [1.165, 1.54) is 35.6 Å². The van der Waals surface area contributed by atoms with E-state index in [0.717, 1.165) is 0 Å². The van der Waals surface area contributed by atoms with Crippen LogP contribution < -0.4 is 10.6 Å². The number of carbonyl (C=O) groups is 2. The number of anilines is 1. The third-order valence-electron chi connectivity index (χ3n) is 3.73. The molecule has 0 unspecified atom stereocenters. The number of amides is 2. The molecule has 2 N–H and O–H groups in total. The number of hydrogen-bond acceptors (Lipinski definition) is 5. The second kappa shape index (κ2) is 9.13. The lowest BCUT2D eigenvalue weighted by atomic mass is 10.1. The molecule has 0 atom stereocenters. The number of thiophene rings is 1. The van der Waals surface area contributed by atoms with Crippen molar-refractivity contribution in [2.75, 3.05) is 5.32 Å². The summed E-state index contributed by atoms with van der Waals surface area (Å²) >= 11 is 7.08. The first-order valence-corrected chi connectivity index (χ1v) is 9.56. The summed E-state index contributed by atoms with van der Waals surface area (Å²) in [5.41, 5.74) is 0.696. The minimum atomic E-state index is -0.580. The SMILES string of the molecule is O=C(Nc1ccc(Cl)cc1)/C(=C/c1cccc([N+](=O)[O-])c1)NC(=O)c1cccs1. The summed E-state index contributed by atoms with van der Waals surface area (Å²) in [6, 6.07) is 15.6. The Morgan fingerprint density at radius 1 is 1.07 bits per heavy atom. The van der Waals surface area contributed by atoms with Gasteiger partial charge in [-0.15, -0.1) is 11.3 Å². The van der Waals surface area contributed by atoms with Gasteiger partial charge in [-0.25, -0.2) is 0 Å². The molecule has 29 heavy (non-hydrogen) atoms. The van der Waals surface area contributed by atoms with Crippen LogP contribution in [0.3, 0.4) is 0 Å². The lowest BCUT2D eigenvalue weighted by Gasteiger charge is -2.11. The quantitative estimate of drug-likeness (QED) is 0.337. The molecular weight excluding hydrogens is 414 g/mol. The number of nitro benzene ring substituents is 1. The Balaban J connectivity index is 1.91. The topological polar surface area (TPSA) is 101 Å². The fourth-order valence-electron chi connectivity index (χ4n) is 2.38. The number of nitrogens with zero attached hydrogens (tertiary/aromatic N) is 1. The van der Waals surface area contributed by atoms with Crippen LogP contribution in [-0.4, -0.2) is 16.7 Å². The van der Waals surface area contributed by atoms with Gasteiger partial charge in [0.2, 0.25) is 0 Å². The van der Waals surface area contributed by atoms with Crippen molar-refractivity contribution in [2.24, 2.45) is 0 Å². The van der Waals surface area contributed by atoms with Crippen molar-refractivity contribution in [3.63, 3.8) is 0 Å². The summed E-state index contributed by atoms with van der Waals surface area (Å²) in [5, 5.41) is 18.5.